The Kier molecular flexibility index (Phi) is 3.31. The van der Waals surface area contributed by atoms with Gasteiger partial charge in [0.1, 0.15) is 0 Å². The molecule has 1 aliphatic carbocycles. The Labute approximate surface area is 97.7 Å². The molecule has 0 saturated heterocycles. The number of benzene rings is 1. The molecular weight excluding hydrogens is 198 g/mol. The monoisotopic (exact) mass is 219 g/mol. The van der Waals surface area contributed by atoms with Crippen molar-refractivity contribution in [1.82, 2.24) is 5.32 Å². The van der Waals surface area contributed by atoms with Crippen molar-refractivity contribution >= 4 is 0 Å². The van der Waals surface area contributed by atoms with Crippen LogP contribution in [0.3, 0.4) is 0 Å². The second kappa shape index (κ2) is 4.56. The smallest absolute Gasteiger partial charge is 0.0675 e. The van der Waals surface area contributed by atoms with E-state index in [2.05, 4.69) is 37.4 Å². The molecule has 1 atom stereocenters. The third-order valence-corrected chi connectivity index (χ3v) is 3.59. The van der Waals surface area contributed by atoms with E-state index in [1.54, 1.807) is 0 Å². The Bertz CT molecular complexity index is 375. The predicted octanol–water partition coefficient (Wildman–Crippen LogP) is 2.13. The first-order valence-corrected chi connectivity index (χ1v) is 6.18. The molecule has 1 unspecified atom stereocenters. The molecule has 1 aliphatic rings. The lowest BCUT2D eigenvalue weighted by Gasteiger charge is -2.30. The quantitative estimate of drug-likeness (QED) is 0.813. The summed E-state index contributed by atoms with van der Waals surface area (Å²) in [5, 5.41) is 13.2. The van der Waals surface area contributed by atoms with Gasteiger partial charge in [-0.3, -0.25) is 0 Å². The Balaban J connectivity index is 2.34. The first-order valence-electron chi connectivity index (χ1n) is 6.18. The van der Waals surface area contributed by atoms with Crippen LogP contribution in [0, 0.1) is 6.92 Å². The third-order valence-electron chi connectivity index (χ3n) is 3.59. The molecule has 0 fully saturated rings. The van der Waals surface area contributed by atoms with Gasteiger partial charge in [-0.15, -0.1) is 0 Å². The number of hydrogen-bond donors (Lipinski definition) is 2. The van der Waals surface area contributed by atoms with E-state index in [-0.39, 0.29) is 12.1 Å². The molecule has 88 valence electrons. The third kappa shape index (κ3) is 1.87. The minimum atomic E-state index is -0.183. The lowest BCUT2D eigenvalue weighted by Crippen LogP contribution is -2.44. The lowest BCUT2D eigenvalue weighted by atomic mass is 9.91. The van der Waals surface area contributed by atoms with E-state index in [1.807, 2.05) is 0 Å². The number of aliphatic hydroxyl groups excluding tert-OH is 1. The maximum Gasteiger partial charge on any atom is 0.0675 e. The van der Waals surface area contributed by atoms with E-state index in [9.17, 15) is 5.11 Å². The van der Waals surface area contributed by atoms with Crippen molar-refractivity contribution in [3.63, 3.8) is 0 Å². The summed E-state index contributed by atoms with van der Waals surface area (Å²) in [6, 6.07) is 6.59. The molecule has 16 heavy (non-hydrogen) atoms. The summed E-state index contributed by atoms with van der Waals surface area (Å²) in [6.45, 7) is 5.43. The molecule has 2 rings (SSSR count). The zero-order valence-corrected chi connectivity index (χ0v) is 10.2. The van der Waals surface area contributed by atoms with Crippen molar-refractivity contribution in [3.05, 3.63) is 34.9 Å². The molecule has 2 nitrogen and oxygen atoms in total. The highest BCUT2D eigenvalue weighted by molar-refractivity contribution is 5.41. The first kappa shape index (κ1) is 11.6. The van der Waals surface area contributed by atoms with Gasteiger partial charge in [-0.25, -0.2) is 0 Å². The van der Waals surface area contributed by atoms with Crippen LogP contribution in [0.1, 0.15) is 36.5 Å². The number of aliphatic hydroxyl groups is 1. The van der Waals surface area contributed by atoms with Gasteiger partial charge < -0.3 is 10.4 Å². The molecule has 0 aromatic heterocycles. The predicted molar refractivity (Wildman–Crippen MR) is 66.6 cm³/mol. The highest BCUT2D eigenvalue weighted by Crippen LogP contribution is 2.37. The fourth-order valence-electron chi connectivity index (χ4n) is 2.60. The van der Waals surface area contributed by atoms with Gasteiger partial charge in [-0.05, 0) is 43.9 Å². The van der Waals surface area contributed by atoms with Gasteiger partial charge in [0.25, 0.3) is 0 Å². The summed E-state index contributed by atoms with van der Waals surface area (Å²) in [6.07, 6.45) is 3.19. The molecule has 1 aromatic rings. The molecule has 2 heteroatoms. The van der Waals surface area contributed by atoms with Crippen LogP contribution < -0.4 is 5.32 Å². The Hall–Kier alpha value is -0.860. The van der Waals surface area contributed by atoms with Gasteiger partial charge in [0.15, 0.2) is 0 Å². The standard InChI is InChI=1S/C14H21NO/c1-3-8-15-14(10-16)7-6-12-5-4-11(2)9-13(12)14/h4-5,9,15-16H,3,6-8,10H2,1-2H3. The second-order valence-corrected chi connectivity index (χ2v) is 4.83. The van der Waals surface area contributed by atoms with E-state index < -0.39 is 0 Å². The normalized spacial score (nSPS) is 23.4. The number of hydrogen-bond acceptors (Lipinski definition) is 2. The van der Waals surface area contributed by atoms with E-state index in [4.69, 9.17) is 0 Å². The molecule has 0 aliphatic heterocycles. The molecule has 0 bridgehead atoms. The maximum absolute atomic E-state index is 9.72. The maximum atomic E-state index is 9.72. The SMILES string of the molecule is CCCNC1(CO)CCc2ccc(C)cc21. The summed E-state index contributed by atoms with van der Waals surface area (Å²) in [4.78, 5) is 0. The average Bonchev–Trinajstić information content (AvgIpc) is 2.66. The number of fused-ring (bicyclic) bond motifs is 1. The molecule has 2 N–H and O–H groups in total. The van der Waals surface area contributed by atoms with Crippen LogP contribution in [-0.2, 0) is 12.0 Å². The Morgan fingerprint density at radius 2 is 2.25 bits per heavy atom. The summed E-state index contributed by atoms with van der Waals surface area (Å²) < 4.78 is 0. The minimum absolute atomic E-state index is 0.183. The highest BCUT2D eigenvalue weighted by Gasteiger charge is 2.37. The van der Waals surface area contributed by atoms with Crippen LogP contribution in [0.4, 0.5) is 0 Å². The summed E-state index contributed by atoms with van der Waals surface area (Å²) in [7, 11) is 0. The number of aryl methyl sites for hydroxylation is 2. The molecule has 0 radical (unpaired) electrons. The zero-order valence-electron chi connectivity index (χ0n) is 10.2. The van der Waals surface area contributed by atoms with E-state index in [0.29, 0.717) is 0 Å². The van der Waals surface area contributed by atoms with Gasteiger partial charge in [-0.1, -0.05) is 30.7 Å². The molecule has 0 saturated carbocycles. The zero-order chi connectivity index (χ0) is 11.6. The van der Waals surface area contributed by atoms with Gasteiger partial charge >= 0.3 is 0 Å². The summed E-state index contributed by atoms with van der Waals surface area (Å²) >= 11 is 0. The first-order chi connectivity index (χ1) is 7.72. The average molecular weight is 219 g/mol. The minimum Gasteiger partial charge on any atom is -0.394 e. The van der Waals surface area contributed by atoms with Crippen LogP contribution in [0.25, 0.3) is 0 Å². The van der Waals surface area contributed by atoms with Crippen molar-refractivity contribution < 1.29 is 5.11 Å². The fourth-order valence-corrected chi connectivity index (χ4v) is 2.60. The van der Waals surface area contributed by atoms with Crippen molar-refractivity contribution in [1.29, 1.82) is 0 Å². The summed E-state index contributed by atoms with van der Waals surface area (Å²) in [5.74, 6) is 0. The van der Waals surface area contributed by atoms with E-state index in [1.165, 1.54) is 16.7 Å². The Morgan fingerprint density at radius 1 is 1.44 bits per heavy atom. The van der Waals surface area contributed by atoms with Gasteiger partial charge in [-0.2, -0.15) is 0 Å². The molecule has 1 aromatic carbocycles. The highest BCUT2D eigenvalue weighted by atomic mass is 16.3. The molecule has 0 amide bonds. The van der Waals surface area contributed by atoms with Crippen molar-refractivity contribution in [3.8, 4) is 0 Å². The topological polar surface area (TPSA) is 32.3 Å². The summed E-state index contributed by atoms with van der Waals surface area (Å²) in [5.41, 5.74) is 3.79. The van der Waals surface area contributed by atoms with Crippen LogP contribution >= 0.6 is 0 Å². The van der Waals surface area contributed by atoms with Gasteiger partial charge in [0.2, 0.25) is 0 Å². The van der Waals surface area contributed by atoms with Crippen LogP contribution in [0.15, 0.2) is 18.2 Å². The van der Waals surface area contributed by atoms with E-state index in [0.717, 1.165) is 25.8 Å². The number of rotatable bonds is 4. The number of nitrogens with one attached hydrogen (secondary N) is 1. The van der Waals surface area contributed by atoms with Crippen LogP contribution in [-0.4, -0.2) is 18.3 Å². The molecule has 0 spiro atoms. The fraction of sp³-hybridized carbons (Fsp3) is 0.571. The van der Waals surface area contributed by atoms with Gasteiger partial charge in [0, 0.05) is 0 Å². The molecule has 0 heterocycles. The van der Waals surface area contributed by atoms with Gasteiger partial charge in [0.05, 0.1) is 12.1 Å². The van der Waals surface area contributed by atoms with E-state index >= 15 is 0 Å². The van der Waals surface area contributed by atoms with Crippen LogP contribution in [0.5, 0.6) is 0 Å². The van der Waals surface area contributed by atoms with Crippen molar-refractivity contribution in [2.45, 2.75) is 38.6 Å². The second-order valence-electron chi connectivity index (χ2n) is 4.83. The Morgan fingerprint density at radius 3 is 2.94 bits per heavy atom. The molecular formula is C14H21NO. The lowest BCUT2D eigenvalue weighted by molar-refractivity contribution is 0.160. The van der Waals surface area contributed by atoms with Crippen LogP contribution in [0.2, 0.25) is 0 Å². The van der Waals surface area contributed by atoms with Crippen molar-refractivity contribution in [2.24, 2.45) is 0 Å². The van der Waals surface area contributed by atoms with Crippen molar-refractivity contribution in [2.75, 3.05) is 13.2 Å². The largest absolute Gasteiger partial charge is 0.394 e.